The standard InChI is InChI=1S/C60H97N3O14Si/c1-38-20-16-15-17-21-39(2)50(71-9)36-46-25-23-44(7)60(70,76-46)56(66)57(67)63-27-19-18-22-47(63)58(68)74-51(37-48(64)40(3)33-43(6)54(77-78(12,13)14)55(73-11)53(65)42(5)32-38)41(4)34-45-24-26-49(52(35-45)72-10)75-59(69)62-30-28-61(8)29-31-62/h15-17,20-21,33,38,40-42,44-47,49-52,54-55,70H,18-19,22-32,34-37H2,1-14H3/b17-15?,20-16+,39-21?,43-33+/t38-,40-,41-,42-,44-,45+,46+,47+,49-,50+,51+,52-,54-,55+,60-/m1/s1. The molecule has 2 amide bonds. The molecule has 17 nitrogen and oxygen atoms in total. The molecule has 78 heavy (non-hydrogen) atoms. The largest absolute Gasteiger partial charge is 0.460 e. The lowest BCUT2D eigenvalue weighted by molar-refractivity contribution is -0.265. The molecule has 2 bridgehead atoms. The number of Topliss-reactive ketones (excluding diaryl/α,β-unsaturated/α-hetero) is 3. The number of fused-ring (bicyclic) bond motifs is 3. The van der Waals surface area contributed by atoms with Crippen molar-refractivity contribution in [3.8, 4) is 0 Å². The van der Waals surface area contributed by atoms with Crippen LogP contribution >= 0.6 is 0 Å². The van der Waals surface area contributed by atoms with Crippen molar-refractivity contribution in [2.75, 3.05) is 61.1 Å². The number of esters is 1. The highest BCUT2D eigenvalue weighted by molar-refractivity contribution is 6.69. The van der Waals surface area contributed by atoms with Gasteiger partial charge in [0.05, 0.1) is 24.4 Å². The summed E-state index contributed by atoms with van der Waals surface area (Å²) in [5, 5.41) is 12.1. The van der Waals surface area contributed by atoms with Gasteiger partial charge in [0.2, 0.25) is 5.79 Å². The highest BCUT2D eigenvalue weighted by atomic mass is 28.4. The van der Waals surface area contributed by atoms with Crippen LogP contribution in [0.3, 0.4) is 0 Å². The Bertz CT molecular complexity index is 2170. The average molecular weight is 1110 g/mol. The van der Waals surface area contributed by atoms with E-state index in [9.17, 15) is 33.9 Å². The number of cyclic esters (lactones) is 1. The molecule has 4 aliphatic heterocycles. The molecule has 440 valence electrons. The van der Waals surface area contributed by atoms with Crippen molar-refractivity contribution >= 4 is 43.6 Å². The fourth-order valence-corrected chi connectivity index (χ4v) is 13.0. The molecule has 4 fully saturated rings. The van der Waals surface area contributed by atoms with Gasteiger partial charge in [-0.1, -0.05) is 71.1 Å². The second kappa shape index (κ2) is 29.7. The molecule has 1 aliphatic carbocycles. The van der Waals surface area contributed by atoms with Crippen molar-refractivity contribution in [2.24, 2.45) is 35.5 Å². The van der Waals surface area contributed by atoms with Crippen LogP contribution in [0.2, 0.25) is 19.6 Å². The van der Waals surface area contributed by atoms with Crippen LogP contribution in [0.5, 0.6) is 0 Å². The van der Waals surface area contributed by atoms with E-state index in [2.05, 4.69) is 17.9 Å². The number of aliphatic hydroxyl groups is 1. The van der Waals surface area contributed by atoms with E-state index < -0.39 is 86.3 Å². The maximum Gasteiger partial charge on any atom is 0.410 e. The van der Waals surface area contributed by atoms with Gasteiger partial charge in [0.1, 0.15) is 30.1 Å². The first-order valence-electron chi connectivity index (χ1n) is 28.9. The molecule has 4 heterocycles. The first-order chi connectivity index (χ1) is 36.8. The minimum atomic E-state index is -2.44. The number of piperazine rings is 1. The number of amides is 2. The van der Waals surface area contributed by atoms with Crippen molar-refractivity contribution in [3.05, 3.63) is 47.6 Å². The summed E-state index contributed by atoms with van der Waals surface area (Å²) in [6.07, 6.45) is 12.2. The van der Waals surface area contributed by atoms with Gasteiger partial charge < -0.3 is 52.7 Å². The summed E-state index contributed by atoms with van der Waals surface area (Å²) >= 11 is 0. The first-order valence-corrected chi connectivity index (χ1v) is 32.3. The van der Waals surface area contributed by atoms with E-state index >= 15 is 0 Å². The molecule has 0 radical (unpaired) electrons. The third-order valence-corrected chi connectivity index (χ3v) is 17.9. The van der Waals surface area contributed by atoms with Gasteiger partial charge in [0.25, 0.3) is 11.7 Å². The van der Waals surface area contributed by atoms with E-state index in [1.165, 1.54) is 12.0 Å². The van der Waals surface area contributed by atoms with Gasteiger partial charge in [-0.15, -0.1) is 0 Å². The third-order valence-electron chi connectivity index (χ3n) is 16.9. The number of methoxy groups -OCH3 is 3. The highest BCUT2D eigenvalue weighted by Crippen LogP contribution is 2.38. The highest BCUT2D eigenvalue weighted by Gasteiger charge is 2.53. The molecular weight excluding hydrogens is 1010 g/mol. The summed E-state index contributed by atoms with van der Waals surface area (Å²) in [6.45, 7) is 22.1. The van der Waals surface area contributed by atoms with Gasteiger partial charge >= 0.3 is 12.1 Å². The lowest BCUT2D eigenvalue weighted by Gasteiger charge is -2.42. The van der Waals surface area contributed by atoms with E-state index in [0.717, 1.165) is 18.7 Å². The van der Waals surface area contributed by atoms with Gasteiger partial charge in [0.15, 0.2) is 14.1 Å². The quantitative estimate of drug-likeness (QED) is 0.0999. The molecule has 0 spiro atoms. The van der Waals surface area contributed by atoms with E-state index in [0.29, 0.717) is 82.9 Å². The molecule has 18 heteroatoms. The van der Waals surface area contributed by atoms with E-state index in [1.807, 2.05) is 84.8 Å². The summed E-state index contributed by atoms with van der Waals surface area (Å²) in [5.41, 5.74) is 1.57. The van der Waals surface area contributed by atoms with E-state index in [1.54, 1.807) is 33.0 Å². The molecule has 1 saturated carbocycles. The molecule has 5 rings (SSSR count). The predicted molar refractivity (Wildman–Crippen MR) is 301 cm³/mol. The molecule has 0 aromatic carbocycles. The van der Waals surface area contributed by atoms with Crippen LogP contribution in [0.1, 0.15) is 126 Å². The van der Waals surface area contributed by atoms with Crippen molar-refractivity contribution in [3.63, 3.8) is 0 Å². The number of likely N-dealkylation sites (N-methyl/N-ethyl adjacent to an activating group) is 1. The summed E-state index contributed by atoms with van der Waals surface area (Å²) in [7, 11) is 4.44. The lowest BCUT2D eigenvalue weighted by atomic mass is 9.78. The SMILES string of the molecule is CO[C@H]1C[C@@H]2CC[C@@H](C)[C@@](O)(O2)C(=O)C(=O)N2CCCC[C@H]2C(=O)O[C@H]([C@H](C)C[C@@H]2CC[C@@H](OC(=O)N3CCN(C)CC3)[C@H](OC)C2)CC(=O)[C@H](C)/C=C(\C)[C@@H](O[Si](C)(C)C)[C@@H](OC)C(=O)[C@H](C)C[C@H](C)/C=C/C=CC=C1C. The van der Waals surface area contributed by atoms with Crippen LogP contribution in [-0.4, -0.2) is 179 Å². The number of piperidine rings is 1. The Morgan fingerprint density at radius 1 is 0.808 bits per heavy atom. The Morgan fingerprint density at radius 3 is 2.17 bits per heavy atom. The number of ether oxygens (including phenoxy) is 6. The van der Waals surface area contributed by atoms with Crippen molar-refractivity contribution in [1.29, 1.82) is 0 Å². The summed E-state index contributed by atoms with van der Waals surface area (Å²) in [6, 6.07) is -1.15. The Labute approximate surface area is 467 Å². The topological polar surface area (TPSA) is 197 Å². The molecule has 0 aromatic heterocycles. The number of carbonyl (C=O) groups excluding carboxylic acids is 6. The van der Waals surface area contributed by atoms with Crippen LogP contribution in [0, 0.1) is 35.5 Å². The number of rotatable bonds is 9. The number of carbonyl (C=O) groups is 6. The van der Waals surface area contributed by atoms with E-state index in [4.69, 9.17) is 32.8 Å². The number of allylic oxidation sites excluding steroid dienone is 6. The fourth-order valence-electron chi connectivity index (χ4n) is 11.9. The number of ketones is 3. The number of hydrogen-bond acceptors (Lipinski definition) is 15. The molecule has 15 atom stereocenters. The van der Waals surface area contributed by atoms with Gasteiger partial charge in [-0.25, -0.2) is 9.59 Å². The van der Waals surface area contributed by atoms with Crippen molar-refractivity contribution in [2.45, 2.75) is 200 Å². The average Bonchev–Trinajstić information content (AvgIpc) is 3.41. The normalized spacial score (nSPS) is 36.2. The smallest absolute Gasteiger partial charge is 0.410 e. The maximum absolute atomic E-state index is 14.7. The Morgan fingerprint density at radius 2 is 1.51 bits per heavy atom. The molecule has 0 unspecified atom stereocenters. The summed E-state index contributed by atoms with van der Waals surface area (Å²) in [5.74, 6) is -7.68. The first kappa shape index (κ1) is 64.9. The zero-order valence-electron chi connectivity index (χ0n) is 49.7. The second-order valence-corrected chi connectivity index (χ2v) is 28.9. The molecule has 0 aromatic rings. The third kappa shape index (κ3) is 17.8. The number of hydrogen-bond donors (Lipinski definition) is 1. The van der Waals surface area contributed by atoms with Gasteiger partial charge in [-0.3, -0.25) is 19.2 Å². The second-order valence-electron chi connectivity index (χ2n) is 24.4. The van der Waals surface area contributed by atoms with Gasteiger partial charge in [-0.2, -0.15) is 0 Å². The van der Waals surface area contributed by atoms with E-state index in [-0.39, 0.29) is 66.8 Å². The zero-order chi connectivity index (χ0) is 57.6. The zero-order valence-corrected chi connectivity index (χ0v) is 50.7. The molecule has 1 N–H and O–H groups in total. The van der Waals surface area contributed by atoms with Crippen molar-refractivity contribution < 1.29 is 66.7 Å². The molecule has 3 saturated heterocycles. The minimum absolute atomic E-state index is 0.0438. The summed E-state index contributed by atoms with van der Waals surface area (Å²) in [4.78, 5) is 91.1. The van der Waals surface area contributed by atoms with Gasteiger partial charge in [-0.05, 0) is 134 Å². The van der Waals surface area contributed by atoms with Crippen LogP contribution < -0.4 is 0 Å². The number of nitrogens with zero attached hydrogens (tertiary/aromatic N) is 3. The monoisotopic (exact) mass is 1110 g/mol. The minimum Gasteiger partial charge on any atom is -0.460 e. The maximum atomic E-state index is 14.7. The lowest BCUT2D eigenvalue weighted by Crippen LogP contribution is -2.61. The fraction of sp³-hybridized carbons (Fsp3) is 0.767. The summed E-state index contributed by atoms with van der Waals surface area (Å²) < 4.78 is 43.3. The molecular formula is C60H97N3O14Si. The van der Waals surface area contributed by atoms with Crippen LogP contribution in [-0.2, 0) is 56.8 Å². The van der Waals surface area contributed by atoms with Crippen LogP contribution in [0.15, 0.2) is 47.6 Å². The predicted octanol–water partition coefficient (Wildman–Crippen LogP) is 8.43. The Balaban J connectivity index is 1.48. The molecule has 5 aliphatic rings. The van der Waals surface area contributed by atoms with Crippen LogP contribution in [0.4, 0.5) is 4.79 Å². The van der Waals surface area contributed by atoms with Crippen LogP contribution in [0.25, 0.3) is 0 Å². The Hall–Kier alpha value is -3.88. The Kier molecular flexibility index (Phi) is 24.7. The van der Waals surface area contributed by atoms with Gasteiger partial charge in [0, 0.05) is 84.6 Å². The van der Waals surface area contributed by atoms with Crippen molar-refractivity contribution in [1.82, 2.24) is 14.7 Å².